The number of nitrogens with zero attached hydrogens (tertiary/aromatic N) is 4. The van der Waals surface area contributed by atoms with Crippen LogP contribution in [0.15, 0.2) is 5.16 Å². The van der Waals surface area contributed by atoms with Gasteiger partial charge < -0.3 is 9.64 Å². The number of aromatic nitrogens is 3. The van der Waals surface area contributed by atoms with E-state index < -0.39 is 0 Å². The van der Waals surface area contributed by atoms with Crippen molar-refractivity contribution in [3.63, 3.8) is 0 Å². The van der Waals surface area contributed by atoms with Crippen molar-refractivity contribution in [1.82, 2.24) is 14.8 Å². The molecule has 0 N–H and O–H groups in total. The van der Waals surface area contributed by atoms with Crippen LogP contribution in [0.2, 0.25) is 0 Å². The molecule has 3 aliphatic rings. The molecule has 1 unspecified atom stereocenters. The highest BCUT2D eigenvalue weighted by Crippen LogP contribution is 2.32. The Balaban J connectivity index is 1.46. The fourth-order valence-electron chi connectivity index (χ4n) is 4.53. The van der Waals surface area contributed by atoms with E-state index in [-0.39, 0.29) is 0 Å². The van der Waals surface area contributed by atoms with Gasteiger partial charge in [0.25, 0.3) is 0 Å². The molecule has 0 radical (unpaired) electrons. The van der Waals surface area contributed by atoms with Gasteiger partial charge in [0.2, 0.25) is 5.95 Å². The second-order valence-corrected chi connectivity index (χ2v) is 9.50. The third kappa shape index (κ3) is 4.56. The Morgan fingerprint density at radius 2 is 1.81 bits per heavy atom. The van der Waals surface area contributed by atoms with E-state index in [9.17, 15) is 0 Å². The lowest BCUT2D eigenvalue weighted by Crippen LogP contribution is -2.35. The zero-order chi connectivity index (χ0) is 17.8. The summed E-state index contributed by atoms with van der Waals surface area (Å²) in [6.45, 7) is 6.41. The maximum Gasteiger partial charge on any atom is 0.228 e. The normalized spacial score (nSPS) is 25.9. The molecule has 5 nitrogen and oxygen atoms in total. The van der Waals surface area contributed by atoms with Crippen LogP contribution in [-0.4, -0.2) is 46.3 Å². The molecule has 1 atom stereocenters. The van der Waals surface area contributed by atoms with E-state index in [0.717, 1.165) is 49.2 Å². The summed E-state index contributed by atoms with van der Waals surface area (Å²) in [5.41, 5.74) is 0. The third-order valence-electron chi connectivity index (χ3n) is 6.35. The molecule has 1 aliphatic carbocycles. The van der Waals surface area contributed by atoms with Crippen LogP contribution in [0.5, 0.6) is 0 Å². The zero-order valence-corrected chi connectivity index (χ0v) is 17.1. The fraction of sp³-hybridized carbons (Fsp3) is 0.900. The maximum atomic E-state index is 5.93. The van der Waals surface area contributed by atoms with E-state index >= 15 is 0 Å². The summed E-state index contributed by atoms with van der Waals surface area (Å²) in [7, 11) is 0. The number of rotatable bonds is 6. The first kappa shape index (κ1) is 18.6. The molecule has 0 aromatic carbocycles. The van der Waals surface area contributed by atoms with Crippen LogP contribution < -0.4 is 4.90 Å². The van der Waals surface area contributed by atoms with Crippen LogP contribution in [0.25, 0.3) is 0 Å². The fourth-order valence-corrected chi connectivity index (χ4v) is 5.66. The van der Waals surface area contributed by atoms with Gasteiger partial charge >= 0.3 is 0 Å². The van der Waals surface area contributed by atoms with Gasteiger partial charge in [-0.3, -0.25) is 4.57 Å². The van der Waals surface area contributed by atoms with E-state index in [2.05, 4.69) is 26.6 Å². The Morgan fingerprint density at radius 3 is 2.54 bits per heavy atom. The number of anilines is 1. The summed E-state index contributed by atoms with van der Waals surface area (Å²) >= 11 is 1.93. The molecule has 0 spiro atoms. The standard InChI is InChI=1S/C20H34N4OS/c1-16-9-11-23(12-10-16)19-21-22-20(24(19)14-18-8-5-13-25-18)26-15-17-6-3-2-4-7-17/h16-18H,2-15H2,1H3. The van der Waals surface area contributed by atoms with Crippen molar-refractivity contribution < 1.29 is 4.74 Å². The van der Waals surface area contributed by atoms with Gasteiger partial charge in [-0.25, -0.2) is 0 Å². The third-order valence-corrected chi connectivity index (χ3v) is 7.55. The summed E-state index contributed by atoms with van der Waals surface area (Å²) in [5, 5.41) is 10.4. The predicted octanol–water partition coefficient (Wildman–Crippen LogP) is 4.37. The summed E-state index contributed by atoms with van der Waals surface area (Å²) < 4.78 is 8.31. The van der Waals surface area contributed by atoms with Crippen molar-refractivity contribution in [3.05, 3.63) is 0 Å². The Labute approximate surface area is 162 Å². The predicted molar refractivity (Wildman–Crippen MR) is 107 cm³/mol. The zero-order valence-electron chi connectivity index (χ0n) is 16.2. The van der Waals surface area contributed by atoms with Gasteiger partial charge in [0.15, 0.2) is 5.16 Å². The molecule has 3 fully saturated rings. The molecule has 0 bridgehead atoms. The van der Waals surface area contributed by atoms with E-state index in [0.29, 0.717) is 6.10 Å². The van der Waals surface area contributed by atoms with Crippen LogP contribution in [0.4, 0.5) is 5.95 Å². The molecule has 146 valence electrons. The highest BCUT2D eigenvalue weighted by Gasteiger charge is 2.26. The van der Waals surface area contributed by atoms with Crippen molar-refractivity contribution in [2.24, 2.45) is 11.8 Å². The largest absolute Gasteiger partial charge is 0.376 e. The van der Waals surface area contributed by atoms with E-state index in [1.165, 1.54) is 63.5 Å². The van der Waals surface area contributed by atoms with Gasteiger partial charge in [-0.05, 0) is 50.4 Å². The van der Waals surface area contributed by atoms with Crippen molar-refractivity contribution in [1.29, 1.82) is 0 Å². The molecule has 2 saturated heterocycles. The molecule has 0 amide bonds. The second kappa shape index (κ2) is 8.96. The summed E-state index contributed by atoms with van der Waals surface area (Å²) in [5.74, 6) is 3.97. The average molecular weight is 379 g/mol. The number of ether oxygens (including phenoxy) is 1. The lowest BCUT2D eigenvalue weighted by molar-refractivity contribution is 0.0951. The van der Waals surface area contributed by atoms with Crippen molar-refractivity contribution >= 4 is 17.7 Å². The van der Waals surface area contributed by atoms with Gasteiger partial charge in [-0.15, -0.1) is 10.2 Å². The van der Waals surface area contributed by atoms with Crippen LogP contribution in [-0.2, 0) is 11.3 Å². The number of hydrogen-bond donors (Lipinski definition) is 0. The summed E-state index contributed by atoms with van der Waals surface area (Å²) in [6.07, 6.45) is 12.2. The molecule has 1 aromatic heterocycles. The van der Waals surface area contributed by atoms with Crippen molar-refractivity contribution in [2.45, 2.75) is 82.5 Å². The Bertz CT molecular complexity index is 558. The maximum absolute atomic E-state index is 5.93. The van der Waals surface area contributed by atoms with Gasteiger partial charge in [0, 0.05) is 25.4 Å². The highest BCUT2D eigenvalue weighted by atomic mass is 32.2. The smallest absolute Gasteiger partial charge is 0.228 e. The molecule has 6 heteroatoms. The van der Waals surface area contributed by atoms with Crippen LogP contribution >= 0.6 is 11.8 Å². The number of piperidine rings is 1. The summed E-state index contributed by atoms with van der Waals surface area (Å²) in [4.78, 5) is 2.45. The number of hydrogen-bond acceptors (Lipinski definition) is 5. The van der Waals surface area contributed by atoms with Crippen LogP contribution in [0, 0.1) is 11.8 Å². The first-order valence-electron chi connectivity index (χ1n) is 10.7. The lowest BCUT2D eigenvalue weighted by atomic mass is 9.91. The van der Waals surface area contributed by atoms with Crippen LogP contribution in [0.1, 0.15) is 64.7 Å². The van der Waals surface area contributed by atoms with Gasteiger partial charge in [-0.1, -0.05) is 37.9 Å². The Morgan fingerprint density at radius 1 is 1.00 bits per heavy atom. The first-order valence-corrected chi connectivity index (χ1v) is 11.7. The number of thioether (sulfide) groups is 1. The van der Waals surface area contributed by atoms with Gasteiger partial charge in [-0.2, -0.15) is 0 Å². The van der Waals surface area contributed by atoms with Gasteiger partial charge in [0.05, 0.1) is 12.6 Å². The average Bonchev–Trinajstić information content (AvgIpc) is 3.32. The molecule has 2 aliphatic heterocycles. The quantitative estimate of drug-likeness (QED) is 0.688. The molecular weight excluding hydrogens is 344 g/mol. The minimum absolute atomic E-state index is 0.336. The monoisotopic (exact) mass is 378 g/mol. The van der Waals surface area contributed by atoms with Crippen molar-refractivity contribution in [2.75, 3.05) is 30.3 Å². The summed E-state index contributed by atoms with van der Waals surface area (Å²) in [6, 6.07) is 0. The van der Waals surface area contributed by atoms with Crippen LogP contribution in [0.3, 0.4) is 0 Å². The minimum atomic E-state index is 0.336. The van der Waals surface area contributed by atoms with E-state index in [1.807, 2.05) is 11.8 Å². The SMILES string of the molecule is CC1CCN(c2nnc(SCC3CCCCC3)n2CC2CCCO2)CC1. The first-order chi connectivity index (χ1) is 12.8. The molecule has 26 heavy (non-hydrogen) atoms. The molecule has 3 heterocycles. The Kier molecular flexibility index (Phi) is 6.41. The topological polar surface area (TPSA) is 43.2 Å². The Hall–Kier alpha value is -0.750. The van der Waals surface area contributed by atoms with Crippen molar-refractivity contribution in [3.8, 4) is 0 Å². The molecule has 4 rings (SSSR count). The van der Waals surface area contributed by atoms with E-state index in [1.54, 1.807) is 0 Å². The minimum Gasteiger partial charge on any atom is -0.376 e. The second-order valence-electron chi connectivity index (χ2n) is 8.51. The van der Waals surface area contributed by atoms with E-state index in [4.69, 9.17) is 4.74 Å². The highest BCUT2D eigenvalue weighted by molar-refractivity contribution is 7.99. The molecule has 1 saturated carbocycles. The molecule has 1 aromatic rings. The molecular formula is C20H34N4OS. The lowest BCUT2D eigenvalue weighted by Gasteiger charge is -2.31. The van der Waals surface area contributed by atoms with Gasteiger partial charge in [0.1, 0.15) is 0 Å².